The molecule has 0 saturated carbocycles. The summed E-state index contributed by atoms with van der Waals surface area (Å²) in [6.45, 7) is 0. The molecule has 118 valence electrons. The number of aliphatic imine (C=N–C) groups is 1. The van der Waals surface area contributed by atoms with Crippen molar-refractivity contribution < 1.29 is 4.74 Å². The number of nitriles is 1. The van der Waals surface area contributed by atoms with E-state index in [-0.39, 0.29) is 0 Å². The number of ether oxygens (including phenoxy) is 1. The Kier molecular flexibility index (Phi) is 4.68. The number of methoxy groups -OCH3 is 1. The number of aromatic nitrogens is 2. The summed E-state index contributed by atoms with van der Waals surface area (Å²) < 4.78 is 5.29. The number of hydrogen-bond acceptors (Lipinski definition) is 4. The lowest BCUT2D eigenvalue weighted by atomic mass is 10.1. The third-order valence-electron chi connectivity index (χ3n) is 3.62. The molecule has 0 bridgehead atoms. The Hall–Kier alpha value is -3.39. The van der Waals surface area contributed by atoms with Crippen LogP contribution in [0.2, 0.25) is 0 Å². The molecule has 5 heteroatoms. The molecule has 1 aromatic heterocycles. The zero-order valence-electron chi connectivity index (χ0n) is 13.2. The second-order valence-corrected chi connectivity index (χ2v) is 5.18. The molecular formula is C19H16N4O. The molecule has 0 aliphatic carbocycles. The lowest BCUT2D eigenvalue weighted by Crippen LogP contribution is -1.91. The standard InChI is InChI=1S/C19H16N4O/c1-24-18-10-6-5-9-15(18)13-21-19-16(12-20)17(22-23-19)11-14-7-3-2-4-8-14/h2-10,13H,11H2,1H3,(H,22,23). The van der Waals surface area contributed by atoms with Crippen LogP contribution in [0.15, 0.2) is 59.6 Å². The zero-order valence-corrected chi connectivity index (χ0v) is 13.2. The maximum absolute atomic E-state index is 9.46. The molecule has 0 amide bonds. The van der Waals surface area contributed by atoms with Gasteiger partial charge >= 0.3 is 0 Å². The smallest absolute Gasteiger partial charge is 0.191 e. The molecule has 3 rings (SSSR count). The van der Waals surface area contributed by atoms with E-state index in [4.69, 9.17) is 4.74 Å². The lowest BCUT2D eigenvalue weighted by Gasteiger charge is -2.02. The van der Waals surface area contributed by atoms with E-state index in [0.29, 0.717) is 17.8 Å². The van der Waals surface area contributed by atoms with E-state index < -0.39 is 0 Å². The van der Waals surface area contributed by atoms with Crippen molar-refractivity contribution in [3.05, 3.63) is 77.0 Å². The van der Waals surface area contributed by atoms with Crippen molar-refractivity contribution in [1.82, 2.24) is 10.2 Å². The maximum Gasteiger partial charge on any atom is 0.191 e. The molecule has 0 unspecified atom stereocenters. The molecule has 1 heterocycles. The number of nitrogens with one attached hydrogen (secondary N) is 1. The minimum Gasteiger partial charge on any atom is -0.496 e. The van der Waals surface area contributed by atoms with Crippen LogP contribution in [0.4, 0.5) is 5.82 Å². The van der Waals surface area contributed by atoms with Gasteiger partial charge in [-0.25, -0.2) is 4.99 Å². The highest BCUT2D eigenvalue weighted by molar-refractivity contribution is 5.85. The molecule has 3 aromatic rings. The minimum atomic E-state index is 0.384. The van der Waals surface area contributed by atoms with Crippen molar-refractivity contribution in [2.45, 2.75) is 6.42 Å². The average molecular weight is 316 g/mol. The number of hydrogen-bond donors (Lipinski definition) is 1. The van der Waals surface area contributed by atoms with E-state index >= 15 is 0 Å². The Labute approximate surface area is 140 Å². The van der Waals surface area contributed by atoms with E-state index in [2.05, 4.69) is 21.3 Å². The first-order valence-corrected chi connectivity index (χ1v) is 7.50. The largest absolute Gasteiger partial charge is 0.496 e. The van der Waals surface area contributed by atoms with Gasteiger partial charge in [0.25, 0.3) is 0 Å². The first kappa shape index (κ1) is 15.5. The molecule has 0 atom stereocenters. The quantitative estimate of drug-likeness (QED) is 0.730. The summed E-state index contributed by atoms with van der Waals surface area (Å²) in [5, 5.41) is 16.5. The van der Waals surface area contributed by atoms with Crippen LogP contribution in [0.5, 0.6) is 5.75 Å². The van der Waals surface area contributed by atoms with Crippen molar-refractivity contribution in [3.63, 3.8) is 0 Å². The Morgan fingerprint density at radius 1 is 1.17 bits per heavy atom. The number of rotatable bonds is 5. The molecule has 1 N–H and O–H groups in total. The summed E-state index contributed by atoms with van der Waals surface area (Å²) in [5.74, 6) is 1.11. The topological polar surface area (TPSA) is 74.1 Å². The normalized spacial score (nSPS) is 10.7. The van der Waals surface area contributed by atoms with Crippen LogP contribution < -0.4 is 4.74 Å². The Bertz CT molecular complexity index is 891. The summed E-state index contributed by atoms with van der Waals surface area (Å²) in [6.07, 6.45) is 2.27. The third kappa shape index (κ3) is 3.33. The van der Waals surface area contributed by atoms with Gasteiger partial charge in [-0.2, -0.15) is 10.4 Å². The van der Waals surface area contributed by atoms with Gasteiger partial charge in [0.1, 0.15) is 17.4 Å². The zero-order chi connectivity index (χ0) is 16.8. The second-order valence-electron chi connectivity index (χ2n) is 5.18. The number of aromatic amines is 1. The van der Waals surface area contributed by atoms with Crippen LogP contribution in [0, 0.1) is 11.3 Å². The second kappa shape index (κ2) is 7.25. The predicted octanol–water partition coefficient (Wildman–Crippen LogP) is 3.63. The van der Waals surface area contributed by atoms with Crippen LogP contribution in [-0.4, -0.2) is 23.5 Å². The van der Waals surface area contributed by atoms with Gasteiger partial charge in [0.15, 0.2) is 5.82 Å². The Morgan fingerprint density at radius 3 is 2.67 bits per heavy atom. The van der Waals surface area contributed by atoms with Crippen molar-refractivity contribution in [2.75, 3.05) is 7.11 Å². The first-order chi connectivity index (χ1) is 11.8. The minimum absolute atomic E-state index is 0.384. The molecule has 0 radical (unpaired) electrons. The van der Waals surface area contributed by atoms with E-state index in [9.17, 15) is 5.26 Å². The molecular weight excluding hydrogens is 300 g/mol. The Balaban J connectivity index is 1.87. The van der Waals surface area contributed by atoms with Gasteiger partial charge in [0, 0.05) is 18.2 Å². The highest BCUT2D eigenvalue weighted by atomic mass is 16.5. The summed E-state index contributed by atoms with van der Waals surface area (Å²) in [7, 11) is 1.61. The molecule has 2 aromatic carbocycles. The summed E-state index contributed by atoms with van der Waals surface area (Å²) in [5.41, 5.74) is 3.16. The highest BCUT2D eigenvalue weighted by Gasteiger charge is 2.12. The number of H-pyrrole nitrogens is 1. The highest BCUT2D eigenvalue weighted by Crippen LogP contribution is 2.22. The fourth-order valence-corrected chi connectivity index (χ4v) is 2.41. The van der Waals surface area contributed by atoms with Gasteiger partial charge in [0.05, 0.1) is 12.8 Å². The molecule has 24 heavy (non-hydrogen) atoms. The molecule has 0 aliphatic heterocycles. The van der Waals surface area contributed by atoms with Crippen LogP contribution in [-0.2, 0) is 6.42 Å². The van der Waals surface area contributed by atoms with Gasteiger partial charge in [-0.05, 0) is 17.7 Å². The fourth-order valence-electron chi connectivity index (χ4n) is 2.41. The molecule has 5 nitrogen and oxygen atoms in total. The SMILES string of the molecule is COc1ccccc1C=Nc1n[nH]c(Cc2ccccc2)c1C#N. The predicted molar refractivity (Wildman–Crippen MR) is 92.8 cm³/mol. The van der Waals surface area contributed by atoms with Crippen molar-refractivity contribution in [2.24, 2.45) is 4.99 Å². The van der Waals surface area contributed by atoms with Crippen LogP contribution in [0.3, 0.4) is 0 Å². The summed E-state index contributed by atoms with van der Waals surface area (Å²) in [6, 6.07) is 19.7. The number of benzene rings is 2. The van der Waals surface area contributed by atoms with Gasteiger partial charge in [0.2, 0.25) is 0 Å². The van der Waals surface area contributed by atoms with Crippen molar-refractivity contribution in [3.8, 4) is 11.8 Å². The monoisotopic (exact) mass is 316 g/mol. The molecule has 0 saturated heterocycles. The molecule has 0 aliphatic rings. The number of para-hydroxylation sites is 1. The van der Waals surface area contributed by atoms with E-state index in [1.54, 1.807) is 13.3 Å². The van der Waals surface area contributed by atoms with E-state index in [0.717, 1.165) is 22.6 Å². The van der Waals surface area contributed by atoms with Crippen molar-refractivity contribution in [1.29, 1.82) is 5.26 Å². The van der Waals surface area contributed by atoms with E-state index in [1.165, 1.54) is 0 Å². The van der Waals surface area contributed by atoms with Gasteiger partial charge in [-0.1, -0.05) is 42.5 Å². The van der Waals surface area contributed by atoms with Crippen LogP contribution in [0.25, 0.3) is 0 Å². The average Bonchev–Trinajstić information content (AvgIpc) is 3.02. The van der Waals surface area contributed by atoms with Gasteiger partial charge < -0.3 is 4.74 Å². The van der Waals surface area contributed by atoms with Gasteiger partial charge in [-0.15, -0.1) is 0 Å². The van der Waals surface area contributed by atoms with Gasteiger partial charge in [-0.3, -0.25) is 5.10 Å². The van der Waals surface area contributed by atoms with Crippen LogP contribution in [0.1, 0.15) is 22.4 Å². The van der Waals surface area contributed by atoms with Crippen molar-refractivity contribution >= 4 is 12.0 Å². The molecule has 0 spiro atoms. The fraction of sp³-hybridized carbons (Fsp3) is 0.105. The first-order valence-electron chi connectivity index (χ1n) is 7.50. The summed E-state index contributed by atoms with van der Waals surface area (Å²) >= 11 is 0. The van der Waals surface area contributed by atoms with E-state index in [1.807, 2.05) is 54.6 Å². The number of nitrogens with zero attached hydrogens (tertiary/aromatic N) is 3. The lowest BCUT2D eigenvalue weighted by molar-refractivity contribution is 0.414. The molecule has 0 fully saturated rings. The van der Waals surface area contributed by atoms with Crippen LogP contribution >= 0.6 is 0 Å². The third-order valence-corrected chi connectivity index (χ3v) is 3.62. The maximum atomic E-state index is 9.46. The Morgan fingerprint density at radius 2 is 1.92 bits per heavy atom. The summed E-state index contributed by atoms with van der Waals surface area (Å²) in [4.78, 5) is 4.35.